The Morgan fingerprint density at radius 1 is 1.28 bits per heavy atom. The van der Waals surface area contributed by atoms with E-state index < -0.39 is 0 Å². The Hall–Kier alpha value is -2.40. The first-order chi connectivity index (χ1) is 12.2. The molecule has 3 aromatic rings. The van der Waals surface area contributed by atoms with Gasteiger partial charge in [0.1, 0.15) is 5.52 Å². The van der Waals surface area contributed by atoms with E-state index in [0.29, 0.717) is 11.9 Å². The second-order valence-electron chi connectivity index (χ2n) is 6.81. The number of likely N-dealkylation sites (tertiary alicyclic amines) is 1. The third-order valence-corrected chi connectivity index (χ3v) is 5.16. The first-order valence-electron chi connectivity index (χ1n) is 9.09. The van der Waals surface area contributed by atoms with Crippen molar-refractivity contribution in [3.8, 4) is 0 Å². The van der Waals surface area contributed by atoms with E-state index in [1.165, 1.54) is 25.9 Å². The zero-order chi connectivity index (χ0) is 17.4. The molecule has 5 nitrogen and oxygen atoms in total. The van der Waals surface area contributed by atoms with E-state index in [2.05, 4.69) is 39.4 Å². The standard InChI is InChI=1S/C20H24N4O/c1-3-24-17-9-8-15(7-6-12-23-10-4-5-11-23)13-16(17)19-18(20(24)25)14(2)21-22-19/h6-9,13H,3-5,10-12H2,1-2H3,(H,21,22). The van der Waals surface area contributed by atoms with E-state index in [4.69, 9.17) is 0 Å². The van der Waals surface area contributed by atoms with Crippen molar-refractivity contribution in [3.63, 3.8) is 0 Å². The van der Waals surface area contributed by atoms with Crippen molar-refractivity contribution in [2.75, 3.05) is 19.6 Å². The molecule has 5 heteroatoms. The third-order valence-electron chi connectivity index (χ3n) is 5.16. The molecule has 0 aliphatic carbocycles. The number of fused-ring (bicyclic) bond motifs is 3. The highest BCUT2D eigenvalue weighted by molar-refractivity contribution is 6.04. The van der Waals surface area contributed by atoms with Crippen molar-refractivity contribution in [2.45, 2.75) is 33.2 Å². The average molecular weight is 336 g/mol. The Morgan fingerprint density at radius 2 is 2.08 bits per heavy atom. The number of rotatable bonds is 4. The largest absolute Gasteiger partial charge is 0.308 e. The average Bonchev–Trinajstić information content (AvgIpc) is 3.26. The highest BCUT2D eigenvalue weighted by atomic mass is 16.1. The highest BCUT2D eigenvalue weighted by Crippen LogP contribution is 2.24. The minimum atomic E-state index is 0.0357. The fraction of sp³-hybridized carbons (Fsp3) is 0.400. The van der Waals surface area contributed by atoms with Crippen molar-refractivity contribution in [3.05, 3.63) is 45.9 Å². The molecule has 0 saturated carbocycles. The summed E-state index contributed by atoms with van der Waals surface area (Å²) in [6.07, 6.45) is 7.03. The van der Waals surface area contributed by atoms with Crippen LogP contribution in [0.15, 0.2) is 29.1 Å². The molecule has 1 aromatic carbocycles. The number of hydrogen-bond acceptors (Lipinski definition) is 3. The van der Waals surface area contributed by atoms with Crippen LogP contribution in [0.25, 0.3) is 27.9 Å². The zero-order valence-corrected chi connectivity index (χ0v) is 14.9. The number of benzene rings is 1. The molecule has 1 aliphatic rings. The first kappa shape index (κ1) is 16.1. The van der Waals surface area contributed by atoms with Crippen molar-refractivity contribution in [2.24, 2.45) is 0 Å². The van der Waals surface area contributed by atoms with Crippen molar-refractivity contribution in [1.82, 2.24) is 19.7 Å². The summed E-state index contributed by atoms with van der Waals surface area (Å²) in [5.41, 5.74) is 3.74. The predicted octanol–water partition coefficient (Wildman–Crippen LogP) is 3.32. The molecule has 130 valence electrons. The molecule has 3 heterocycles. The molecule has 0 unspecified atom stereocenters. The summed E-state index contributed by atoms with van der Waals surface area (Å²) in [4.78, 5) is 15.2. The molecule has 0 spiro atoms. The van der Waals surface area contributed by atoms with Gasteiger partial charge in [-0.2, -0.15) is 5.10 Å². The maximum absolute atomic E-state index is 12.7. The maximum atomic E-state index is 12.7. The van der Waals surface area contributed by atoms with Gasteiger partial charge in [0.15, 0.2) is 0 Å². The summed E-state index contributed by atoms with van der Waals surface area (Å²) in [5.74, 6) is 0. The number of pyridine rings is 1. The van der Waals surface area contributed by atoms with Gasteiger partial charge in [-0.15, -0.1) is 0 Å². The summed E-state index contributed by atoms with van der Waals surface area (Å²) in [7, 11) is 0. The number of nitrogens with one attached hydrogen (secondary N) is 1. The number of aryl methyl sites for hydroxylation is 2. The van der Waals surface area contributed by atoms with Gasteiger partial charge in [0.2, 0.25) is 0 Å². The van der Waals surface area contributed by atoms with Crippen LogP contribution in [-0.4, -0.2) is 39.3 Å². The lowest BCUT2D eigenvalue weighted by Crippen LogP contribution is -2.20. The zero-order valence-electron chi connectivity index (χ0n) is 14.9. The molecular formula is C20H24N4O. The predicted molar refractivity (Wildman–Crippen MR) is 103 cm³/mol. The monoisotopic (exact) mass is 336 g/mol. The fourth-order valence-corrected chi connectivity index (χ4v) is 3.83. The van der Waals surface area contributed by atoms with Gasteiger partial charge in [-0.25, -0.2) is 0 Å². The Bertz CT molecular complexity index is 1010. The van der Waals surface area contributed by atoms with E-state index in [-0.39, 0.29) is 5.56 Å². The van der Waals surface area contributed by atoms with Crippen molar-refractivity contribution in [1.29, 1.82) is 0 Å². The Kier molecular flexibility index (Phi) is 4.17. The lowest BCUT2D eigenvalue weighted by molar-refractivity contribution is 0.378. The van der Waals surface area contributed by atoms with Gasteiger partial charge in [0.25, 0.3) is 5.56 Å². The van der Waals surface area contributed by atoms with E-state index in [0.717, 1.165) is 34.2 Å². The molecule has 1 saturated heterocycles. The second kappa shape index (κ2) is 6.48. The van der Waals surface area contributed by atoms with Gasteiger partial charge in [-0.05, 0) is 57.5 Å². The minimum Gasteiger partial charge on any atom is -0.308 e. The Balaban J connectivity index is 1.79. The van der Waals surface area contributed by atoms with Gasteiger partial charge in [-0.1, -0.05) is 18.2 Å². The summed E-state index contributed by atoms with van der Waals surface area (Å²) in [6, 6.07) is 6.27. The Morgan fingerprint density at radius 3 is 2.84 bits per heavy atom. The normalized spacial score (nSPS) is 15.9. The van der Waals surface area contributed by atoms with E-state index in [1.807, 2.05) is 24.5 Å². The number of aromatic amines is 1. The van der Waals surface area contributed by atoms with Gasteiger partial charge in [0.05, 0.1) is 10.9 Å². The summed E-state index contributed by atoms with van der Waals surface area (Å²) in [6.45, 7) is 7.98. The lowest BCUT2D eigenvalue weighted by Gasteiger charge is -2.11. The summed E-state index contributed by atoms with van der Waals surface area (Å²) >= 11 is 0. The lowest BCUT2D eigenvalue weighted by atomic mass is 10.1. The molecule has 2 aromatic heterocycles. The quantitative estimate of drug-likeness (QED) is 0.795. The molecule has 0 amide bonds. The number of aromatic nitrogens is 3. The Labute approximate surface area is 146 Å². The third kappa shape index (κ3) is 2.78. The molecule has 0 atom stereocenters. The van der Waals surface area contributed by atoms with Crippen molar-refractivity contribution < 1.29 is 0 Å². The van der Waals surface area contributed by atoms with Crippen LogP contribution in [0.5, 0.6) is 0 Å². The topological polar surface area (TPSA) is 53.9 Å². The van der Waals surface area contributed by atoms with Gasteiger partial charge in [-0.3, -0.25) is 14.8 Å². The van der Waals surface area contributed by atoms with Crippen LogP contribution in [0.1, 0.15) is 31.0 Å². The molecule has 0 bridgehead atoms. The first-order valence-corrected chi connectivity index (χ1v) is 9.09. The van der Waals surface area contributed by atoms with Crippen LogP contribution in [0, 0.1) is 6.92 Å². The van der Waals surface area contributed by atoms with Crippen LogP contribution < -0.4 is 5.56 Å². The minimum absolute atomic E-state index is 0.0357. The summed E-state index contributed by atoms with van der Waals surface area (Å²) in [5, 5.41) is 9.10. The van der Waals surface area contributed by atoms with Gasteiger partial charge in [0, 0.05) is 24.2 Å². The number of nitrogens with zero attached hydrogens (tertiary/aromatic N) is 3. The smallest absolute Gasteiger partial charge is 0.262 e. The molecule has 25 heavy (non-hydrogen) atoms. The van der Waals surface area contributed by atoms with Gasteiger partial charge >= 0.3 is 0 Å². The van der Waals surface area contributed by atoms with E-state index in [9.17, 15) is 4.79 Å². The SMILES string of the molecule is CCn1c(=O)c2c(C)[nH]nc2c2cc(C=CCN3CCCC3)ccc21. The van der Waals surface area contributed by atoms with Crippen LogP contribution in [0.2, 0.25) is 0 Å². The molecule has 0 radical (unpaired) electrons. The highest BCUT2D eigenvalue weighted by Gasteiger charge is 2.14. The molecule has 1 N–H and O–H groups in total. The van der Waals surface area contributed by atoms with Gasteiger partial charge < -0.3 is 4.57 Å². The molecule has 4 rings (SSSR count). The van der Waals surface area contributed by atoms with Crippen molar-refractivity contribution >= 4 is 27.9 Å². The van der Waals surface area contributed by atoms with E-state index >= 15 is 0 Å². The molecule has 1 aliphatic heterocycles. The maximum Gasteiger partial charge on any atom is 0.262 e. The fourth-order valence-electron chi connectivity index (χ4n) is 3.83. The summed E-state index contributed by atoms with van der Waals surface area (Å²) < 4.78 is 1.83. The number of hydrogen-bond donors (Lipinski definition) is 1. The number of H-pyrrole nitrogens is 1. The van der Waals surface area contributed by atoms with Crippen LogP contribution in [-0.2, 0) is 6.54 Å². The molecule has 1 fully saturated rings. The van der Waals surface area contributed by atoms with Crippen LogP contribution in [0.4, 0.5) is 0 Å². The second-order valence-corrected chi connectivity index (χ2v) is 6.81. The van der Waals surface area contributed by atoms with Crippen LogP contribution in [0.3, 0.4) is 0 Å². The molecular weight excluding hydrogens is 312 g/mol. The van der Waals surface area contributed by atoms with Crippen LogP contribution >= 0.6 is 0 Å². The van der Waals surface area contributed by atoms with E-state index in [1.54, 1.807) is 0 Å².